The van der Waals surface area contributed by atoms with Crippen LogP contribution in [0.5, 0.6) is 0 Å². The van der Waals surface area contributed by atoms with Gasteiger partial charge in [-0.15, -0.1) is 0 Å². The topological polar surface area (TPSA) is 74.7 Å². The SMILES string of the molecule is CC1(C)C(=O)N(CC2CCCC(O)C2)S1(=O)=O. The summed E-state index contributed by atoms with van der Waals surface area (Å²) in [4.78, 5) is 11.7. The van der Waals surface area contributed by atoms with Gasteiger partial charge in [0.1, 0.15) is 0 Å². The van der Waals surface area contributed by atoms with Crippen LogP contribution in [0.25, 0.3) is 0 Å². The van der Waals surface area contributed by atoms with E-state index >= 15 is 0 Å². The number of nitrogens with zero attached hydrogens (tertiary/aromatic N) is 1. The predicted molar refractivity (Wildman–Crippen MR) is 62.7 cm³/mol. The third kappa shape index (κ3) is 1.87. The van der Waals surface area contributed by atoms with E-state index in [1.54, 1.807) is 0 Å². The Bertz CT molecular complexity index is 429. The summed E-state index contributed by atoms with van der Waals surface area (Å²) in [7, 11) is -3.46. The van der Waals surface area contributed by atoms with E-state index in [-0.39, 0.29) is 24.5 Å². The zero-order valence-electron chi connectivity index (χ0n) is 10.2. The number of carbonyl (C=O) groups is 1. The Labute approximate surface area is 102 Å². The van der Waals surface area contributed by atoms with Gasteiger partial charge in [0, 0.05) is 6.54 Å². The molecule has 2 atom stereocenters. The van der Waals surface area contributed by atoms with Crippen molar-refractivity contribution in [2.24, 2.45) is 5.92 Å². The minimum absolute atomic E-state index is 0.105. The lowest BCUT2D eigenvalue weighted by molar-refractivity contribution is -0.132. The molecule has 2 unspecified atom stereocenters. The van der Waals surface area contributed by atoms with Crippen LogP contribution in [-0.4, -0.2) is 41.1 Å². The first-order valence-electron chi connectivity index (χ1n) is 6.01. The lowest BCUT2D eigenvalue weighted by Crippen LogP contribution is -2.68. The molecule has 1 amide bonds. The fourth-order valence-electron chi connectivity index (χ4n) is 2.60. The average molecular weight is 261 g/mol. The molecule has 6 heteroatoms. The van der Waals surface area contributed by atoms with Gasteiger partial charge in [-0.2, -0.15) is 0 Å². The first-order chi connectivity index (χ1) is 7.76. The van der Waals surface area contributed by atoms with Crippen LogP contribution in [0.4, 0.5) is 0 Å². The van der Waals surface area contributed by atoms with Crippen LogP contribution < -0.4 is 0 Å². The number of aliphatic hydroxyl groups excluding tert-OH is 1. The molecule has 0 aromatic heterocycles. The number of amides is 1. The zero-order chi connectivity index (χ0) is 12.8. The summed E-state index contributed by atoms with van der Waals surface area (Å²) in [6, 6.07) is 0. The van der Waals surface area contributed by atoms with Gasteiger partial charge in [0.25, 0.3) is 15.9 Å². The lowest BCUT2D eigenvalue weighted by Gasteiger charge is -2.45. The van der Waals surface area contributed by atoms with Gasteiger partial charge in [-0.1, -0.05) is 6.42 Å². The Morgan fingerprint density at radius 2 is 2.06 bits per heavy atom. The van der Waals surface area contributed by atoms with Crippen LogP contribution in [0, 0.1) is 5.92 Å². The molecule has 1 N–H and O–H groups in total. The van der Waals surface area contributed by atoms with Crippen molar-refractivity contribution in [3.8, 4) is 0 Å². The number of sulfonamides is 1. The first-order valence-corrected chi connectivity index (χ1v) is 7.45. The predicted octanol–water partition coefficient (Wildman–Crippen LogP) is 0.488. The van der Waals surface area contributed by atoms with Crippen molar-refractivity contribution < 1.29 is 18.3 Å². The molecule has 0 radical (unpaired) electrons. The molecular formula is C11H19NO4S. The first kappa shape index (κ1) is 12.8. The molecule has 2 aliphatic rings. The second-order valence-corrected chi connectivity index (χ2v) is 7.95. The van der Waals surface area contributed by atoms with Crippen molar-refractivity contribution in [1.29, 1.82) is 0 Å². The highest BCUT2D eigenvalue weighted by molar-refractivity contribution is 7.94. The highest BCUT2D eigenvalue weighted by Gasteiger charge is 2.60. The normalized spacial score (nSPS) is 35.5. The number of hydrogen-bond acceptors (Lipinski definition) is 4. The second kappa shape index (κ2) is 3.95. The van der Waals surface area contributed by atoms with Gasteiger partial charge in [0.15, 0.2) is 4.75 Å². The van der Waals surface area contributed by atoms with Crippen molar-refractivity contribution >= 4 is 15.9 Å². The number of aliphatic hydroxyl groups is 1. The molecule has 1 aliphatic heterocycles. The highest BCUT2D eigenvalue weighted by atomic mass is 32.2. The molecule has 17 heavy (non-hydrogen) atoms. The summed E-state index contributed by atoms with van der Waals surface area (Å²) in [5.74, 6) is -0.217. The Hall–Kier alpha value is -0.620. The molecule has 0 spiro atoms. The Balaban J connectivity index is 2.04. The molecule has 5 nitrogen and oxygen atoms in total. The zero-order valence-corrected chi connectivity index (χ0v) is 11.0. The van der Waals surface area contributed by atoms with E-state index in [0.29, 0.717) is 6.42 Å². The molecule has 0 aromatic rings. The highest BCUT2D eigenvalue weighted by Crippen LogP contribution is 2.37. The largest absolute Gasteiger partial charge is 0.393 e. The van der Waals surface area contributed by atoms with E-state index in [1.807, 2.05) is 0 Å². The van der Waals surface area contributed by atoms with Crippen molar-refractivity contribution in [2.75, 3.05) is 6.54 Å². The van der Waals surface area contributed by atoms with Crippen molar-refractivity contribution in [3.05, 3.63) is 0 Å². The van der Waals surface area contributed by atoms with Crippen LogP contribution in [0.3, 0.4) is 0 Å². The van der Waals surface area contributed by atoms with Crippen LogP contribution in [0.1, 0.15) is 39.5 Å². The lowest BCUT2D eigenvalue weighted by atomic mass is 9.87. The molecule has 2 fully saturated rings. The summed E-state index contributed by atoms with van der Waals surface area (Å²) in [5.41, 5.74) is 0. The third-order valence-electron chi connectivity index (χ3n) is 3.86. The molecule has 1 heterocycles. The summed E-state index contributed by atoms with van der Waals surface area (Å²) >= 11 is 0. The van der Waals surface area contributed by atoms with E-state index < -0.39 is 14.8 Å². The molecular weight excluding hydrogens is 242 g/mol. The van der Waals surface area contributed by atoms with Gasteiger partial charge in [-0.05, 0) is 39.0 Å². The Morgan fingerprint density at radius 1 is 1.41 bits per heavy atom. The van der Waals surface area contributed by atoms with Crippen LogP contribution in [0.2, 0.25) is 0 Å². The maximum atomic E-state index is 11.9. The minimum Gasteiger partial charge on any atom is -0.393 e. The summed E-state index contributed by atoms with van der Waals surface area (Å²) in [5, 5.41) is 9.53. The van der Waals surface area contributed by atoms with E-state index in [0.717, 1.165) is 23.6 Å². The van der Waals surface area contributed by atoms with Crippen LogP contribution in [0.15, 0.2) is 0 Å². The van der Waals surface area contributed by atoms with Gasteiger partial charge >= 0.3 is 0 Å². The fraction of sp³-hybridized carbons (Fsp3) is 0.909. The van der Waals surface area contributed by atoms with E-state index in [1.165, 1.54) is 13.8 Å². The van der Waals surface area contributed by atoms with Crippen molar-refractivity contribution in [1.82, 2.24) is 4.31 Å². The maximum absolute atomic E-state index is 11.9. The number of hydrogen-bond donors (Lipinski definition) is 1. The molecule has 2 rings (SSSR count). The van der Waals surface area contributed by atoms with E-state index in [9.17, 15) is 18.3 Å². The molecule has 98 valence electrons. The summed E-state index contributed by atoms with van der Waals surface area (Å²) in [6.07, 6.45) is 2.82. The third-order valence-corrected chi connectivity index (χ3v) is 6.22. The van der Waals surface area contributed by atoms with Gasteiger partial charge in [-0.25, -0.2) is 12.7 Å². The minimum atomic E-state index is -3.46. The molecule has 0 aromatic carbocycles. The van der Waals surface area contributed by atoms with E-state index in [2.05, 4.69) is 0 Å². The summed E-state index contributed by atoms with van der Waals surface area (Å²) in [6.45, 7) is 3.12. The van der Waals surface area contributed by atoms with Gasteiger partial charge < -0.3 is 5.11 Å². The monoisotopic (exact) mass is 261 g/mol. The number of carbonyl (C=O) groups excluding carboxylic acids is 1. The fourth-order valence-corrected chi connectivity index (χ4v) is 4.20. The molecule has 1 saturated heterocycles. The summed E-state index contributed by atoms with van der Waals surface area (Å²) < 4.78 is 23.5. The molecule has 0 bridgehead atoms. The van der Waals surface area contributed by atoms with Crippen molar-refractivity contribution in [2.45, 2.75) is 50.4 Å². The van der Waals surface area contributed by atoms with Crippen LogP contribution >= 0.6 is 0 Å². The smallest absolute Gasteiger partial charge is 0.258 e. The Kier molecular flexibility index (Phi) is 2.98. The quantitative estimate of drug-likeness (QED) is 0.785. The van der Waals surface area contributed by atoms with Gasteiger partial charge in [0.05, 0.1) is 6.10 Å². The van der Waals surface area contributed by atoms with E-state index in [4.69, 9.17) is 0 Å². The van der Waals surface area contributed by atoms with Gasteiger partial charge in [0.2, 0.25) is 0 Å². The van der Waals surface area contributed by atoms with Crippen LogP contribution in [-0.2, 0) is 14.8 Å². The molecule has 1 saturated carbocycles. The maximum Gasteiger partial charge on any atom is 0.258 e. The average Bonchev–Trinajstić information content (AvgIpc) is 2.24. The molecule has 1 aliphatic carbocycles. The van der Waals surface area contributed by atoms with Gasteiger partial charge in [-0.3, -0.25) is 4.79 Å². The standard InChI is InChI=1S/C11H19NO4S/c1-11(2)10(14)12(17(11,15)16)7-8-4-3-5-9(13)6-8/h8-9,13H,3-7H2,1-2H3. The number of rotatable bonds is 2. The Morgan fingerprint density at radius 3 is 2.59 bits per heavy atom. The van der Waals surface area contributed by atoms with Crippen molar-refractivity contribution in [3.63, 3.8) is 0 Å². The second-order valence-electron chi connectivity index (χ2n) is 5.54.